The minimum absolute atomic E-state index is 0.0346. The van der Waals surface area contributed by atoms with Crippen LogP contribution in [0.3, 0.4) is 0 Å². The van der Waals surface area contributed by atoms with Gasteiger partial charge >= 0.3 is 0 Å². The summed E-state index contributed by atoms with van der Waals surface area (Å²) in [5, 5.41) is 10.9. The van der Waals surface area contributed by atoms with Crippen LogP contribution in [0.5, 0.6) is 5.75 Å². The number of carbonyl (C=O) groups excluding carboxylic acids is 1. The van der Waals surface area contributed by atoms with Gasteiger partial charge in [0.25, 0.3) is 11.5 Å². The standard InChI is InChI=1S/C27H31N5O3/c1-19-5-10-24-22(17-19)25(23(18-28)27(34)32(24)16-11-29(2)3)30-12-14-31(15-13-30)26(33)20-6-8-21(35-4)9-7-20/h5-10,17H,11-16H2,1-4H3. The highest BCUT2D eigenvalue weighted by molar-refractivity contribution is 5.96. The molecule has 0 N–H and O–H groups in total. The number of benzene rings is 2. The van der Waals surface area contributed by atoms with Crippen LogP contribution in [0.1, 0.15) is 21.5 Å². The number of likely N-dealkylation sites (N-methyl/N-ethyl adjacent to an activating group) is 1. The van der Waals surface area contributed by atoms with Crippen molar-refractivity contribution >= 4 is 22.5 Å². The van der Waals surface area contributed by atoms with E-state index in [9.17, 15) is 14.9 Å². The van der Waals surface area contributed by atoms with Gasteiger partial charge in [-0.25, -0.2) is 0 Å². The molecule has 0 radical (unpaired) electrons. The highest BCUT2D eigenvalue weighted by Crippen LogP contribution is 2.31. The van der Waals surface area contributed by atoms with E-state index < -0.39 is 0 Å². The molecule has 0 bridgehead atoms. The van der Waals surface area contributed by atoms with E-state index in [1.807, 2.05) is 49.0 Å². The maximum absolute atomic E-state index is 13.4. The minimum atomic E-state index is -0.266. The van der Waals surface area contributed by atoms with Gasteiger partial charge < -0.3 is 24.0 Å². The Kier molecular flexibility index (Phi) is 7.08. The Morgan fingerprint density at radius 3 is 2.37 bits per heavy atom. The smallest absolute Gasteiger partial charge is 0.271 e. The predicted molar refractivity (Wildman–Crippen MR) is 137 cm³/mol. The average molecular weight is 474 g/mol. The first-order chi connectivity index (χ1) is 16.8. The molecule has 2 aromatic carbocycles. The number of anilines is 1. The Balaban J connectivity index is 1.65. The number of carbonyl (C=O) groups is 1. The number of fused-ring (bicyclic) bond motifs is 1. The Morgan fingerprint density at radius 1 is 1.09 bits per heavy atom. The third-order valence-corrected chi connectivity index (χ3v) is 6.50. The van der Waals surface area contributed by atoms with Crippen LogP contribution >= 0.6 is 0 Å². The molecule has 1 aliphatic heterocycles. The van der Waals surface area contributed by atoms with Crippen LogP contribution in [0.25, 0.3) is 10.9 Å². The van der Waals surface area contributed by atoms with Gasteiger partial charge in [0.15, 0.2) is 0 Å². The van der Waals surface area contributed by atoms with Gasteiger partial charge in [-0.15, -0.1) is 0 Å². The van der Waals surface area contributed by atoms with Crippen molar-refractivity contribution in [3.63, 3.8) is 0 Å². The highest BCUT2D eigenvalue weighted by Gasteiger charge is 2.27. The molecule has 1 fully saturated rings. The average Bonchev–Trinajstić information content (AvgIpc) is 2.87. The number of hydrogen-bond acceptors (Lipinski definition) is 6. The maximum Gasteiger partial charge on any atom is 0.271 e. The zero-order chi connectivity index (χ0) is 25.1. The number of amides is 1. The van der Waals surface area contributed by atoms with Crippen molar-refractivity contribution in [1.82, 2.24) is 14.4 Å². The van der Waals surface area contributed by atoms with Gasteiger partial charge in [0.2, 0.25) is 0 Å². The number of aryl methyl sites for hydroxylation is 1. The van der Waals surface area contributed by atoms with E-state index in [1.165, 1.54) is 0 Å². The van der Waals surface area contributed by atoms with Crippen LogP contribution in [-0.4, -0.2) is 74.2 Å². The van der Waals surface area contributed by atoms with Gasteiger partial charge in [0.1, 0.15) is 17.4 Å². The summed E-state index contributed by atoms with van der Waals surface area (Å²) in [6.45, 7) is 5.31. The number of hydrogen-bond donors (Lipinski definition) is 0. The lowest BCUT2D eigenvalue weighted by atomic mass is 10.0. The molecule has 1 amide bonds. The third-order valence-electron chi connectivity index (χ3n) is 6.50. The van der Waals surface area contributed by atoms with Crippen LogP contribution in [0, 0.1) is 18.3 Å². The molecular formula is C27H31N5O3. The van der Waals surface area contributed by atoms with Gasteiger partial charge in [0, 0.05) is 50.2 Å². The van der Waals surface area contributed by atoms with Crippen LogP contribution in [0.15, 0.2) is 47.3 Å². The second kappa shape index (κ2) is 10.2. The van der Waals surface area contributed by atoms with E-state index in [0.717, 1.165) is 16.5 Å². The molecule has 1 aliphatic rings. The molecule has 0 unspecified atom stereocenters. The quantitative estimate of drug-likeness (QED) is 0.548. The molecular weight excluding hydrogens is 442 g/mol. The second-order valence-electron chi connectivity index (χ2n) is 9.12. The number of nitriles is 1. The largest absolute Gasteiger partial charge is 0.497 e. The SMILES string of the molecule is COc1ccc(C(=O)N2CCN(c3c(C#N)c(=O)n(CCN(C)C)c4ccc(C)cc34)CC2)cc1. The van der Waals surface area contributed by atoms with Crippen molar-refractivity contribution in [2.45, 2.75) is 13.5 Å². The molecule has 0 aliphatic carbocycles. The number of aromatic nitrogens is 1. The number of nitrogens with zero attached hydrogens (tertiary/aromatic N) is 5. The fraction of sp³-hybridized carbons (Fsp3) is 0.370. The number of piperazine rings is 1. The minimum Gasteiger partial charge on any atom is -0.497 e. The summed E-state index contributed by atoms with van der Waals surface area (Å²) >= 11 is 0. The Labute approximate surface area is 205 Å². The Hall–Kier alpha value is -3.83. The number of pyridine rings is 1. The molecule has 1 aromatic heterocycles. The van der Waals surface area contributed by atoms with Crippen molar-refractivity contribution in [1.29, 1.82) is 5.26 Å². The van der Waals surface area contributed by atoms with Crippen LogP contribution in [0.2, 0.25) is 0 Å². The summed E-state index contributed by atoms with van der Waals surface area (Å²) in [7, 11) is 5.52. The zero-order valence-electron chi connectivity index (χ0n) is 20.7. The van der Waals surface area contributed by atoms with Crippen LogP contribution in [0.4, 0.5) is 5.69 Å². The van der Waals surface area contributed by atoms with Crippen molar-refractivity contribution < 1.29 is 9.53 Å². The fourth-order valence-electron chi connectivity index (χ4n) is 4.56. The van der Waals surface area contributed by atoms with E-state index in [4.69, 9.17) is 4.74 Å². The number of methoxy groups -OCH3 is 1. The van der Waals surface area contributed by atoms with Gasteiger partial charge in [-0.05, 0) is 57.4 Å². The molecule has 35 heavy (non-hydrogen) atoms. The first kappa shape index (κ1) is 24.3. The second-order valence-corrected chi connectivity index (χ2v) is 9.12. The molecule has 8 heteroatoms. The fourth-order valence-corrected chi connectivity index (χ4v) is 4.56. The Morgan fingerprint density at radius 2 is 1.77 bits per heavy atom. The lowest BCUT2D eigenvalue weighted by Gasteiger charge is -2.37. The molecule has 0 atom stereocenters. The number of rotatable bonds is 6. The van der Waals surface area contributed by atoms with E-state index in [1.54, 1.807) is 35.9 Å². The molecule has 3 aromatic rings. The normalized spacial score (nSPS) is 13.8. The van der Waals surface area contributed by atoms with E-state index in [0.29, 0.717) is 56.3 Å². The Bertz CT molecular complexity index is 1330. The first-order valence-electron chi connectivity index (χ1n) is 11.7. The summed E-state index contributed by atoms with van der Waals surface area (Å²) in [6.07, 6.45) is 0. The summed E-state index contributed by atoms with van der Waals surface area (Å²) in [4.78, 5) is 32.3. The highest BCUT2D eigenvalue weighted by atomic mass is 16.5. The first-order valence-corrected chi connectivity index (χ1v) is 11.7. The molecule has 182 valence electrons. The number of ether oxygens (including phenoxy) is 1. The summed E-state index contributed by atoms with van der Waals surface area (Å²) in [5.74, 6) is 0.672. The lowest BCUT2D eigenvalue weighted by molar-refractivity contribution is 0.0747. The van der Waals surface area contributed by atoms with E-state index in [2.05, 4.69) is 11.0 Å². The van der Waals surface area contributed by atoms with Crippen molar-refractivity contribution in [2.24, 2.45) is 0 Å². The summed E-state index contributed by atoms with van der Waals surface area (Å²) < 4.78 is 6.89. The van der Waals surface area contributed by atoms with Crippen molar-refractivity contribution in [2.75, 3.05) is 58.8 Å². The zero-order valence-corrected chi connectivity index (χ0v) is 20.7. The summed E-state index contributed by atoms with van der Waals surface area (Å²) in [5.41, 5.74) is 3.08. The molecule has 1 saturated heterocycles. The topological polar surface area (TPSA) is 81.8 Å². The summed E-state index contributed by atoms with van der Waals surface area (Å²) in [6, 6.07) is 15.3. The van der Waals surface area contributed by atoms with Gasteiger partial charge in [-0.2, -0.15) is 5.26 Å². The van der Waals surface area contributed by atoms with Crippen molar-refractivity contribution in [3.8, 4) is 11.8 Å². The third kappa shape index (κ3) is 4.86. The van der Waals surface area contributed by atoms with E-state index >= 15 is 0 Å². The van der Waals surface area contributed by atoms with Gasteiger partial charge in [-0.1, -0.05) is 11.6 Å². The molecule has 8 nitrogen and oxygen atoms in total. The molecule has 0 spiro atoms. The molecule has 2 heterocycles. The van der Waals surface area contributed by atoms with Crippen LogP contribution < -0.4 is 15.2 Å². The molecule has 4 rings (SSSR count). The monoisotopic (exact) mass is 473 g/mol. The van der Waals surface area contributed by atoms with Crippen LogP contribution in [-0.2, 0) is 6.54 Å². The van der Waals surface area contributed by atoms with E-state index in [-0.39, 0.29) is 17.0 Å². The molecule has 0 saturated carbocycles. The van der Waals surface area contributed by atoms with Gasteiger partial charge in [0.05, 0.1) is 18.3 Å². The predicted octanol–water partition coefficient (Wildman–Crippen LogP) is 2.71. The maximum atomic E-state index is 13.4. The van der Waals surface area contributed by atoms with Crippen molar-refractivity contribution in [3.05, 3.63) is 69.5 Å². The lowest BCUT2D eigenvalue weighted by Crippen LogP contribution is -2.49. The van der Waals surface area contributed by atoms with Gasteiger partial charge in [-0.3, -0.25) is 9.59 Å².